The summed E-state index contributed by atoms with van der Waals surface area (Å²) < 4.78 is 40.7. The van der Waals surface area contributed by atoms with Crippen molar-refractivity contribution >= 4 is 15.9 Å². The average molecular weight is 425 g/mol. The Morgan fingerprint density at radius 1 is 1.03 bits per heavy atom. The lowest BCUT2D eigenvalue weighted by Gasteiger charge is -2.41. The zero-order chi connectivity index (χ0) is 20.4. The van der Waals surface area contributed by atoms with Crippen molar-refractivity contribution < 1.29 is 22.5 Å². The van der Waals surface area contributed by atoms with Crippen LogP contribution in [0.2, 0.25) is 0 Å². The molecule has 160 valence electrons. The van der Waals surface area contributed by atoms with Crippen LogP contribution in [0.4, 0.5) is 4.39 Å². The molecule has 1 amide bonds. The van der Waals surface area contributed by atoms with Crippen LogP contribution < -0.4 is 4.90 Å². The van der Waals surface area contributed by atoms with Crippen molar-refractivity contribution in [2.45, 2.75) is 37.0 Å². The maximum Gasteiger partial charge on any atom is 0.277 e. The number of halogens is 1. The van der Waals surface area contributed by atoms with Crippen LogP contribution in [0.25, 0.3) is 0 Å². The van der Waals surface area contributed by atoms with Gasteiger partial charge in [0.05, 0.1) is 26.2 Å². The summed E-state index contributed by atoms with van der Waals surface area (Å²) in [6, 6.07) is 5.49. The topological polar surface area (TPSA) is 62.1 Å². The summed E-state index contributed by atoms with van der Waals surface area (Å²) in [6.45, 7) is 3.93. The Bertz CT molecular complexity index is 839. The number of carbonyl (C=O) groups is 1. The van der Waals surface area contributed by atoms with Crippen LogP contribution in [0.5, 0.6) is 0 Å². The summed E-state index contributed by atoms with van der Waals surface area (Å²) in [6.07, 6.45) is 6.30. The van der Waals surface area contributed by atoms with Gasteiger partial charge in [-0.3, -0.25) is 4.79 Å². The molecule has 2 aliphatic heterocycles. The Morgan fingerprint density at radius 2 is 1.72 bits per heavy atom. The Kier molecular flexibility index (Phi) is 6.22. The van der Waals surface area contributed by atoms with Gasteiger partial charge >= 0.3 is 0 Å². The highest BCUT2D eigenvalue weighted by atomic mass is 32.2. The molecule has 2 saturated heterocycles. The molecule has 1 N–H and O–H groups in total. The Balaban J connectivity index is 1.30. The minimum absolute atomic E-state index is 0.189. The number of piperidine rings is 1. The Labute approximate surface area is 172 Å². The Morgan fingerprint density at radius 3 is 2.45 bits per heavy atom. The second kappa shape index (κ2) is 8.70. The molecule has 3 aliphatic rings. The third-order valence-electron chi connectivity index (χ3n) is 6.93. The molecule has 2 heterocycles. The SMILES string of the molecule is O=C(C[NH+]1CCN(S(=O)(=O)c2ccccc2F)CC1)N1CC[C@@H]2CCCC[C@H]2C1. The number of hydrogen-bond acceptors (Lipinski definition) is 3. The number of carbonyl (C=O) groups excluding carboxylic acids is 1. The van der Waals surface area contributed by atoms with Gasteiger partial charge in [-0.1, -0.05) is 31.4 Å². The lowest BCUT2D eigenvalue weighted by atomic mass is 9.75. The number of piperazine rings is 1. The normalized spacial score (nSPS) is 26.9. The van der Waals surface area contributed by atoms with Crippen LogP contribution in [0, 0.1) is 17.7 Å². The van der Waals surface area contributed by atoms with Gasteiger partial charge < -0.3 is 9.80 Å². The minimum Gasteiger partial charge on any atom is -0.338 e. The fraction of sp³-hybridized carbons (Fsp3) is 0.667. The molecule has 4 rings (SSSR count). The maximum atomic E-state index is 14.0. The summed E-state index contributed by atoms with van der Waals surface area (Å²) in [4.78, 5) is 15.7. The van der Waals surface area contributed by atoms with Crippen molar-refractivity contribution in [3.8, 4) is 0 Å². The van der Waals surface area contributed by atoms with Gasteiger partial charge in [0.1, 0.15) is 10.7 Å². The highest BCUT2D eigenvalue weighted by molar-refractivity contribution is 7.89. The second-order valence-corrected chi connectivity index (χ2v) is 10.6. The zero-order valence-electron chi connectivity index (χ0n) is 16.9. The van der Waals surface area contributed by atoms with Crippen LogP contribution in [0.3, 0.4) is 0 Å². The molecule has 0 aromatic heterocycles. The highest BCUT2D eigenvalue weighted by Crippen LogP contribution is 2.35. The molecule has 2 atom stereocenters. The fourth-order valence-corrected chi connectivity index (χ4v) is 6.67. The third kappa shape index (κ3) is 4.49. The molecule has 0 spiro atoms. The van der Waals surface area contributed by atoms with E-state index in [1.165, 1.54) is 54.3 Å². The fourth-order valence-electron chi connectivity index (χ4n) is 5.17. The van der Waals surface area contributed by atoms with E-state index in [0.29, 0.717) is 38.6 Å². The summed E-state index contributed by atoms with van der Waals surface area (Å²) in [5, 5.41) is 0. The van der Waals surface area contributed by atoms with Crippen LogP contribution in [0.15, 0.2) is 29.2 Å². The molecule has 0 unspecified atom stereocenters. The summed E-state index contributed by atoms with van der Waals surface area (Å²) >= 11 is 0. The number of rotatable bonds is 4. The van der Waals surface area contributed by atoms with Gasteiger partial charge in [0.25, 0.3) is 5.91 Å². The summed E-state index contributed by atoms with van der Waals surface area (Å²) in [5.41, 5.74) is 0. The van der Waals surface area contributed by atoms with Crippen LogP contribution in [0.1, 0.15) is 32.1 Å². The molecule has 0 radical (unpaired) electrons. The first-order valence-electron chi connectivity index (χ1n) is 10.8. The molecule has 29 heavy (non-hydrogen) atoms. The highest BCUT2D eigenvalue weighted by Gasteiger charge is 2.36. The second-order valence-electron chi connectivity index (χ2n) is 8.69. The molecule has 1 aromatic rings. The molecule has 3 fully saturated rings. The lowest BCUT2D eigenvalue weighted by molar-refractivity contribution is -0.896. The van der Waals surface area contributed by atoms with Crippen LogP contribution in [-0.2, 0) is 14.8 Å². The van der Waals surface area contributed by atoms with E-state index in [4.69, 9.17) is 0 Å². The first kappa shape index (κ1) is 20.8. The number of likely N-dealkylation sites (tertiary alicyclic amines) is 1. The van der Waals surface area contributed by atoms with Gasteiger partial charge in [0, 0.05) is 13.1 Å². The van der Waals surface area contributed by atoms with E-state index in [0.717, 1.165) is 30.3 Å². The van der Waals surface area contributed by atoms with Gasteiger partial charge in [0.15, 0.2) is 6.54 Å². The number of nitrogens with zero attached hydrogens (tertiary/aromatic N) is 2. The van der Waals surface area contributed by atoms with Crippen molar-refractivity contribution in [1.29, 1.82) is 0 Å². The number of benzene rings is 1. The molecule has 0 bridgehead atoms. The van der Waals surface area contributed by atoms with Gasteiger partial charge in [-0.2, -0.15) is 4.31 Å². The summed E-state index contributed by atoms with van der Waals surface area (Å²) in [5.74, 6) is 0.935. The summed E-state index contributed by atoms with van der Waals surface area (Å²) in [7, 11) is -3.83. The Hall–Kier alpha value is -1.51. The molecular weight excluding hydrogens is 393 g/mol. The van der Waals surface area contributed by atoms with E-state index < -0.39 is 15.8 Å². The molecule has 1 aliphatic carbocycles. The molecule has 1 saturated carbocycles. The zero-order valence-corrected chi connectivity index (χ0v) is 17.7. The molecular formula is C21H31FN3O3S+. The number of hydrogen-bond donors (Lipinski definition) is 1. The predicted octanol–water partition coefficient (Wildman–Crippen LogP) is 0.754. The predicted molar refractivity (Wildman–Crippen MR) is 107 cm³/mol. The van der Waals surface area contributed by atoms with Gasteiger partial charge in [0.2, 0.25) is 10.0 Å². The van der Waals surface area contributed by atoms with E-state index in [1.54, 1.807) is 0 Å². The van der Waals surface area contributed by atoms with E-state index in [9.17, 15) is 17.6 Å². The van der Waals surface area contributed by atoms with Gasteiger partial charge in [-0.05, 0) is 36.8 Å². The first-order valence-corrected chi connectivity index (χ1v) is 12.2. The number of fused-ring (bicyclic) bond motifs is 1. The van der Waals surface area contributed by atoms with Crippen molar-refractivity contribution in [2.24, 2.45) is 11.8 Å². The number of amides is 1. The van der Waals surface area contributed by atoms with Gasteiger partial charge in [-0.15, -0.1) is 0 Å². The van der Waals surface area contributed by atoms with E-state index >= 15 is 0 Å². The maximum absolute atomic E-state index is 14.0. The molecule has 6 nitrogen and oxygen atoms in total. The van der Waals surface area contributed by atoms with Crippen molar-refractivity contribution in [2.75, 3.05) is 45.8 Å². The smallest absolute Gasteiger partial charge is 0.277 e. The number of quaternary nitrogens is 1. The van der Waals surface area contributed by atoms with Gasteiger partial charge in [-0.25, -0.2) is 12.8 Å². The number of nitrogens with one attached hydrogen (secondary N) is 1. The van der Waals surface area contributed by atoms with Crippen LogP contribution >= 0.6 is 0 Å². The number of sulfonamides is 1. The van der Waals surface area contributed by atoms with Crippen molar-refractivity contribution in [3.05, 3.63) is 30.1 Å². The van der Waals surface area contributed by atoms with Crippen molar-refractivity contribution in [3.63, 3.8) is 0 Å². The quantitative estimate of drug-likeness (QED) is 0.776. The minimum atomic E-state index is -3.83. The van der Waals surface area contributed by atoms with E-state index in [1.807, 2.05) is 4.90 Å². The lowest BCUT2D eigenvalue weighted by Crippen LogP contribution is -3.15. The third-order valence-corrected chi connectivity index (χ3v) is 8.86. The van der Waals surface area contributed by atoms with Crippen molar-refractivity contribution in [1.82, 2.24) is 9.21 Å². The average Bonchev–Trinajstić information content (AvgIpc) is 2.74. The van der Waals surface area contributed by atoms with E-state index in [2.05, 4.69) is 0 Å². The standard InChI is InChI=1S/C21H30FN3O3S/c22-19-7-3-4-8-20(19)29(27,28)25-13-11-23(12-14-25)16-21(26)24-10-9-17-5-1-2-6-18(17)15-24/h3-4,7-8,17-18H,1-2,5-6,9-16H2/p+1/t17-,18-/m0/s1. The largest absolute Gasteiger partial charge is 0.338 e. The first-order chi connectivity index (χ1) is 13.9. The monoisotopic (exact) mass is 424 g/mol. The van der Waals surface area contributed by atoms with Crippen LogP contribution in [-0.4, -0.2) is 69.3 Å². The van der Waals surface area contributed by atoms with E-state index in [-0.39, 0.29) is 10.8 Å². The molecule has 1 aromatic carbocycles. The molecule has 8 heteroatoms.